The van der Waals surface area contributed by atoms with Crippen molar-refractivity contribution in [3.63, 3.8) is 0 Å². The lowest BCUT2D eigenvalue weighted by molar-refractivity contribution is -0.394. The Hall–Kier alpha value is -2.48. The molecular formula is C18H21FN3O4+. The van der Waals surface area contributed by atoms with E-state index >= 15 is 0 Å². The van der Waals surface area contributed by atoms with Gasteiger partial charge in [-0.3, -0.25) is 4.79 Å². The number of nitrogens with two attached hydrogens (primary N) is 1. The van der Waals surface area contributed by atoms with Gasteiger partial charge in [-0.15, -0.1) is 4.99 Å². The molecule has 1 aromatic carbocycles. The van der Waals surface area contributed by atoms with Crippen LogP contribution in [0.4, 0.5) is 4.39 Å². The molecule has 1 fully saturated rings. The van der Waals surface area contributed by atoms with Gasteiger partial charge in [0.1, 0.15) is 6.10 Å². The Morgan fingerprint density at radius 2 is 2.08 bits per heavy atom. The van der Waals surface area contributed by atoms with Crippen LogP contribution in [0.15, 0.2) is 12.1 Å². The van der Waals surface area contributed by atoms with Gasteiger partial charge in [-0.05, 0) is 37.8 Å². The lowest BCUT2D eigenvalue weighted by Crippen LogP contribution is -2.82. The lowest BCUT2D eigenvalue weighted by atomic mass is 10.1. The molecule has 2 heterocycles. The highest BCUT2D eigenvalue weighted by Crippen LogP contribution is 2.34. The zero-order valence-corrected chi connectivity index (χ0v) is 14.2. The Kier molecular flexibility index (Phi) is 4.14. The number of nitrogens with one attached hydrogen (secondary N) is 1. The number of aliphatic hydroxyl groups excluding tert-OH is 1. The highest BCUT2D eigenvalue weighted by atomic mass is 19.1. The summed E-state index contributed by atoms with van der Waals surface area (Å²) >= 11 is 0. The maximum Gasteiger partial charge on any atom is 0.388 e. The van der Waals surface area contributed by atoms with Gasteiger partial charge in [0.15, 0.2) is 17.6 Å². The van der Waals surface area contributed by atoms with E-state index < -0.39 is 11.9 Å². The van der Waals surface area contributed by atoms with Gasteiger partial charge < -0.3 is 20.5 Å². The molecular weight excluding hydrogens is 341 g/mol. The van der Waals surface area contributed by atoms with Crippen LogP contribution in [0.25, 0.3) is 0 Å². The Labute approximate surface area is 149 Å². The third-order valence-electron chi connectivity index (χ3n) is 5.41. The van der Waals surface area contributed by atoms with Crippen molar-refractivity contribution in [3.05, 3.63) is 29.1 Å². The van der Waals surface area contributed by atoms with Crippen LogP contribution in [-0.4, -0.2) is 45.9 Å². The van der Waals surface area contributed by atoms with Gasteiger partial charge >= 0.3 is 11.8 Å². The molecule has 1 aliphatic carbocycles. The number of aliphatic hydroxyl groups is 1. The van der Waals surface area contributed by atoms with Crippen LogP contribution in [0, 0.1) is 5.82 Å². The number of benzene rings is 1. The number of halogens is 1. The van der Waals surface area contributed by atoms with E-state index in [1.165, 1.54) is 11.0 Å². The van der Waals surface area contributed by atoms with E-state index in [2.05, 4.69) is 4.99 Å². The van der Waals surface area contributed by atoms with Crippen molar-refractivity contribution >= 4 is 17.7 Å². The average Bonchev–Trinajstić information content (AvgIpc) is 3.15. The van der Waals surface area contributed by atoms with E-state index in [4.69, 9.17) is 10.5 Å². The van der Waals surface area contributed by atoms with Crippen molar-refractivity contribution < 1.29 is 28.8 Å². The highest BCUT2D eigenvalue weighted by molar-refractivity contribution is 6.01. The summed E-state index contributed by atoms with van der Waals surface area (Å²) in [6, 6.07) is 2.25. The predicted octanol–water partition coefficient (Wildman–Crippen LogP) is -0.234. The molecule has 4 rings (SSSR count). The Morgan fingerprint density at radius 3 is 2.77 bits per heavy atom. The third kappa shape index (κ3) is 2.74. The number of amides is 2. The van der Waals surface area contributed by atoms with Gasteiger partial charge in [-0.2, -0.15) is 0 Å². The van der Waals surface area contributed by atoms with Crippen molar-refractivity contribution in [2.75, 3.05) is 0 Å². The van der Waals surface area contributed by atoms with Crippen LogP contribution in [-0.2, 0) is 11.3 Å². The van der Waals surface area contributed by atoms with Crippen molar-refractivity contribution in [3.8, 4) is 5.75 Å². The molecule has 1 aromatic rings. The van der Waals surface area contributed by atoms with E-state index in [1.54, 1.807) is 6.07 Å². The van der Waals surface area contributed by atoms with Crippen LogP contribution in [0.1, 0.15) is 48.0 Å². The monoisotopic (exact) mass is 362 g/mol. The molecule has 138 valence electrons. The van der Waals surface area contributed by atoms with Crippen molar-refractivity contribution in [2.24, 2.45) is 5.73 Å². The minimum absolute atomic E-state index is 0.0263. The molecule has 3 atom stereocenters. The molecule has 0 spiro atoms. The topological polar surface area (TPSA) is 107 Å². The Morgan fingerprint density at radius 1 is 1.27 bits per heavy atom. The number of hydrogen-bond donors (Lipinski definition) is 3. The maximum absolute atomic E-state index is 14.9. The van der Waals surface area contributed by atoms with Crippen LogP contribution in [0.2, 0.25) is 0 Å². The van der Waals surface area contributed by atoms with Crippen LogP contribution in [0.5, 0.6) is 5.75 Å². The second-order valence-corrected chi connectivity index (χ2v) is 7.08. The highest BCUT2D eigenvalue weighted by Gasteiger charge is 2.42. The maximum atomic E-state index is 14.9. The normalized spacial score (nSPS) is 28.3. The van der Waals surface area contributed by atoms with Crippen LogP contribution < -0.4 is 15.5 Å². The van der Waals surface area contributed by atoms with Gasteiger partial charge in [0, 0.05) is 17.2 Å². The summed E-state index contributed by atoms with van der Waals surface area (Å²) in [5.41, 5.74) is 6.50. The van der Waals surface area contributed by atoms with E-state index in [0.29, 0.717) is 6.42 Å². The molecule has 7 nitrogen and oxygen atoms in total. The lowest BCUT2D eigenvalue weighted by Gasteiger charge is -2.24. The van der Waals surface area contributed by atoms with Gasteiger partial charge in [-0.25, -0.2) is 9.18 Å². The van der Waals surface area contributed by atoms with Gasteiger partial charge in [0.05, 0.1) is 13.0 Å². The fourth-order valence-electron chi connectivity index (χ4n) is 3.96. The second kappa shape index (κ2) is 6.35. The van der Waals surface area contributed by atoms with E-state index in [-0.39, 0.29) is 59.7 Å². The molecule has 4 N–H and O–H groups in total. The first-order valence-corrected chi connectivity index (χ1v) is 8.86. The standard InChI is InChI=1S/C18H20FN3O4/c19-16-10-8-22(12-5-7-15(23)21-17(12)24)18(25)9(10)4-6-14(16)26-13-3-1-2-11(13)20/h4,6,11-13H,1-3,5,7-8,20H2,(H,21,23,24)/p+1/t11-,12?,13-/m1/s1. The summed E-state index contributed by atoms with van der Waals surface area (Å²) in [5, 5.41) is 10.00. The first-order chi connectivity index (χ1) is 12.5. The second-order valence-electron chi connectivity index (χ2n) is 7.08. The molecule has 8 heteroatoms. The predicted molar refractivity (Wildman–Crippen MR) is 89.1 cm³/mol. The molecule has 0 saturated heterocycles. The Balaban J connectivity index is 1.59. The smallest absolute Gasteiger partial charge is 0.388 e. The van der Waals surface area contributed by atoms with E-state index in [9.17, 15) is 19.1 Å². The molecule has 2 amide bonds. The number of hydrogen-bond acceptors (Lipinski definition) is 4. The summed E-state index contributed by atoms with van der Waals surface area (Å²) in [5.74, 6) is -1.38. The Bertz CT molecular complexity index is 810. The quantitative estimate of drug-likeness (QED) is 0.688. The van der Waals surface area contributed by atoms with E-state index in [1.807, 2.05) is 0 Å². The minimum atomic E-state index is -0.653. The SMILES string of the molecule is N[C@@H]1CCC[C@H]1Oc1ccc2c(c1F)CN(C1CCC(=O)[NH+]=C1O)C2=O. The summed E-state index contributed by atoms with van der Waals surface area (Å²) in [6.45, 7) is 0.0263. The summed E-state index contributed by atoms with van der Waals surface area (Å²) in [6.07, 6.45) is 2.87. The van der Waals surface area contributed by atoms with Gasteiger partial charge in [0.25, 0.3) is 5.91 Å². The molecule has 3 aliphatic rings. The average molecular weight is 362 g/mol. The van der Waals surface area contributed by atoms with Crippen LogP contribution >= 0.6 is 0 Å². The first kappa shape index (κ1) is 17.0. The molecule has 1 unspecified atom stereocenters. The summed E-state index contributed by atoms with van der Waals surface area (Å²) < 4.78 is 20.7. The zero-order chi connectivity index (χ0) is 18.4. The fourth-order valence-corrected chi connectivity index (χ4v) is 3.96. The van der Waals surface area contributed by atoms with Gasteiger partial charge in [0.2, 0.25) is 0 Å². The van der Waals surface area contributed by atoms with Gasteiger partial charge in [-0.1, -0.05) is 0 Å². The molecule has 26 heavy (non-hydrogen) atoms. The minimum Gasteiger partial charge on any atom is -0.486 e. The van der Waals surface area contributed by atoms with Crippen molar-refractivity contribution in [1.29, 1.82) is 0 Å². The third-order valence-corrected chi connectivity index (χ3v) is 5.41. The first-order valence-electron chi connectivity index (χ1n) is 8.86. The van der Waals surface area contributed by atoms with Crippen molar-refractivity contribution in [2.45, 2.75) is 56.8 Å². The molecule has 0 bridgehead atoms. The van der Waals surface area contributed by atoms with Crippen LogP contribution in [0.3, 0.4) is 0 Å². The number of fused-ring (bicyclic) bond motifs is 1. The summed E-state index contributed by atoms with van der Waals surface area (Å²) in [4.78, 5) is 27.7. The number of nitrogens with zero attached hydrogens (tertiary/aromatic N) is 1. The van der Waals surface area contributed by atoms with Crippen molar-refractivity contribution in [1.82, 2.24) is 4.90 Å². The number of carbonyl (C=O) groups is 2. The number of rotatable bonds is 3. The number of ether oxygens (including phenoxy) is 1. The largest absolute Gasteiger partial charge is 0.486 e. The van der Waals surface area contributed by atoms with E-state index in [0.717, 1.165) is 19.3 Å². The number of carbonyl (C=O) groups excluding carboxylic acids is 2. The summed E-state index contributed by atoms with van der Waals surface area (Å²) in [7, 11) is 0. The zero-order valence-electron chi connectivity index (χ0n) is 14.2. The molecule has 1 saturated carbocycles. The molecule has 0 radical (unpaired) electrons. The molecule has 0 aromatic heterocycles. The fraction of sp³-hybridized carbons (Fsp3) is 0.500. The molecule has 2 aliphatic heterocycles.